The Morgan fingerprint density at radius 3 is 2.03 bits per heavy atom. The molecule has 2 heterocycles. The Balaban J connectivity index is 2.14. The number of hydrogen-bond donors (Lipinski definition) is 10. The van der Waals surface area contributed by atoms with Crippen LogP contribution in [-0.2, 0) is 32.9 Å². The van der Waals surface area contributed by atoms with Crippen molar-refractivity contribution in [1.82, 2.24) is 10.6 Å². The summed E-state index contributed by atoms with van der Waals surface area (Å²) in [6.07, 6.45) is -10.7. The topological polar surface area (TPSA) is 254 Å². The molecule has 0 aromatic carbocycles. The van der Waals surface area contributed by atoms with Gasteiger partial charge in [0.15, 0.2) is 12.6 Å². The highest BCUT2D eigenvalue weighted by Gasteiger charge is 2.50. The number of aliphatic hydroxyl groups excluding tert-OH is 5. The van der Waals surface area contributed by atoms with Gasteiger partial charge < -0.3 is 60.2 Å². The Morgan fingerprint density at radius 1 is 0.895 bits per heavy atom. The lowest BCUT2D eigenvalue weighted by atomic mass is 9.96. The second kappa shape index (κ2) is 15.2. The zero-order valence-electron chi connectivity index (χ0n) is 20.6. The van der Waals surface area contributed by atoms with E-state index in [9.17, 15) is 49.5 Å². The minimum atomic E-state index is -5.18. The van der Waals surface area contributed by atoms with Gasteiger partial charge in [0.05, 0.1) is 13.2 Å². The Hall–Kier alpha value is -0.920. The van der Waals surface area contributed by atoms with Crippen LogP contribution in [0.25, 0.3) is 0 Å². The van der Waals surface area contributed by atoms with E-state index in [1.807, 2.05) is 0 Å². The van der Waals surface area contributed by atoms with E-state index in [1.54, 1.807) is 0 Å². The molecule has 2 rings (SSSR count). The number of aliphatic hydroxyl groups is 5. The fraction of sp³-hybridized carbons (Fsp3) is 0.900. The number of rotatable bonds is 13. The summed E-state index contributed by atoms with van der Waals surface area (Å²) in [4.78, 5) is 42.3. The molecule has 0 bridgehead atoms. The molecule has 0 unspecified atom stereocenters. The SMILES string of the molecule is CC(=O)N[C@H]1[C@@H](OP(=O)(O)O)O[C@H](CO[C@H]2O[C@H](CO)[C@@H](O)[C@H](O)[C@H]2NC(=O)CCCCCS)[C@@H](O)[C@@H]1O. The van der Waals surface area contributed by atoms with Crippen molar-refractivity contribution in [2.24, 2.45) is 0 Å². The Kier molecular flexibility index (Phi) is 13.3. The Morgan fingerprint density at radius 2 is 1.47 bits per heavy atom. The van der Waals surface area contributed by atoms with Gasteiger partial charge in [-0.25, -0.2) is 4.57 Å². The second-order valence-corrected chi connectivity index (χ2v) is 10.7. The van der Waals surface area contributed by atoms with Gasteiger partial charge in [-0.05, 0) is 18.6 Å². The summed E-state index contributed by atoms with van der Waals surface area (Å²) in [5.74, 6) is -0.518. The molecule has 2 amide bonds. The zero-order valence-corrected chi connectivity index (χ0v) is 22.4. The molecule has 2 saturated heterocycles. The summed E-state index contributed by atoms with van der Waals surface area (Å²) in [6.45, 7) is -0.276. The van der Waals surface area contributed by atoms with Crippen molar-refractivity contribution in [1.29, 1.82) is 0 Å². The van der Waals surface area contributed by atoms with Crippen LogP contribution >= 0.6 is 20.5 Å². The van der Waals surface area contributed by atoms with E-state index in [0.29, 0.717) is 12.2 Å². The molecule has 38 heavy (non-hydrogen) atoms. The van der Waals surface area contributed by atoms with Gasteiger partial charge in [0.1, 0.15) is 48.7 Å². The van der Waals surface area contributed by atoms with Gasteiger partial charge in [-0.3, -0.25) is 14.1 Å². The van der Waals surface area contributed by atoms with E-state index < -0.39 is 94.1 Å². The third-order valence-electron chi connectivity index (χ3n) is 6.01. The molecule has 0 aliphatic carbocycles. The van der Waals surface area contributed by atoms with Crippen molar-refractivity contribution in [3.8, 4) is 0 Å². The normalized spacial score (nSPS) is 36.0. The predicted molar refractivity (Wildman–Crippen MR) is 129 cm³/mol. The first-order valence-corrected chi connectivity index (χ1v) is 14.1. The first-order chi connectivity index (χ1) is 17.8. The Bertz CT molecular complexity index is 821. The molecular formula is C20H37N2O14PS. The lowest BCUT2D eigenvalue weighted by molar-refractivity contribution is -0.296. The van der Waals surface area contributed by atoms with Gasteiger partial charge >= 0.3 is 7.82 Å². The van der Waals surface area contributed by atoms with Crippen molar-refractivity contribution in [2.45, 2.75) is 93.9 Å². The van der Waals surface area contributed by atoms with E-state index in [-0.39, 0.29) is 6.42 Å². The maximum atomic E-state index is 12.4. The molecule has 18 heteroatoms. The summed E-state index contributed by atoms with van der Waals surface area (Å²) in [5.41, 5.74) is 0. The van der Waals surface area contributed by atoms with E-state index in [2.05, 4.69) is 27.8 Å². The van der Waals surface area contributed by atoms with Gasteiger partial charge in [0.25, 0.3) is 0 Å². The standard InChI is InChI=1S/C20H37N2O14PS/c1-9(24)21-14-18(29)16(27)11(35-20(14)36-37(30,31)32)8-33-19-13(17(28)15(26)10(7-23)34-19)22-12(25)5-3-2-4-6-38/h10-11,13-20,23,26-29,38H,2-8H2,1H3,(H,21,24)(H,22,25)(H2,30,31,32)/t10-,11-,13-,14-,15-,16-,17-,18-,19+,20-/m1/s1. The van der Waals surface area contributed by atoms with Crippen LogP contribution in [0.3, 0.4) is 0 Å². The quantitative estimate of drug-likeness (QED) is 0.0565. The fourth-order valence-electron chi connectivity index (χ4n) is 4.08. The minimum Gasteiger partial charge on any atom is -0.394 e. The Labute approximate surface area is 224 Å². The fourth-order valence-corrected chi connectivity index (χ4v) is 4.76. The van der Waals surface area contributed by atoms with Gasteiger partial charge in [-0.15, -0.1) is 0 Å². The van der Waals surface area contributed by atoms with Gasteiger partial charge in [0, 0.05) is 13.3 Å². The molecule has 0 saturated carbocycles. The summed E-state index contributed by atoms with van der Waals surface area (Å²) >= 11 is 4.10. The number of phosphoric acid groups is 1. The van der Waals surface area contributed by atoms with E-state index >= 15 is 0 Å². The minimum absolute atomic E-state index is 0.103. The van der Waals surface area contributed by atoms with E-state index in [4.69, 9.17) is 14.2 Å². The maximum Gasteiger partial charge on any atom is 0.472 e. The average molecular weight is 593 g/mol. The van der Waals surface area contributed by atoms with Crippen LogP contribution in [0.1, 0.15) is 32.6 Å². The highest BCUT2D eigenvalue weighted by molar-refractivity contribution is 7.80. The third-order valence-corrected chi connectivity index (χ3v) is 6.81. The molecule has 0 aromatic heterocycles. The van der Waals surface area contributed by atoms with E-state index in [0.717, 1.165) is 19.8 Å². The smallest absolute Gasteiger partial charge is 0.394 e. The van der Waals surface area contributed by atoms with Crippen molar-refractivity contribution in [2.75, 3.05) is 19.0 Å². The highest BCUT2D eigenvalue weighted by Crippen LogP contribution is 2.40. The largest absolute Gasteiger partial charge is 0.472 e. The molecule has 0 spiro atoms. The monoisotopic (exact) mass is 592 g/mol. The van der Waals surface area contributed by atoms with Crippen molar-refractivity contribution < 1.29 is 68.2 Å². The number of amides is 2. The number of carbonyl (C=O) groups is 2. The first kappa shape index (κ1) is 33.3. The van der Waals surface area contributed by atoms with Crippen LogP contribution in [0.15, 0.2) is 0 Å². The van der Waals surface area contributed by atoms with Gasteiger partial charge in [-0.1, -0.05) is 6.42 Å². The van der Waals surface area contributed by atoms with Crippen LogP contribution in [0, 0.1) is 0 Å². The summed E-state index contributed by atoms with van der Waals surface area (Å²) in [6, 6.07) is -2.87. The molecule has 0 aromatic rings. The number of hydrogen-bond acceptors (Lipinski definition) is 13. The molecule has 0 radical (unpaired) electrons. The molecular weight excluding hydrogens is 555 g/mol. The van der Waals surface area contributed by atoms with Crippen LogP contribution in [0.2, 0.25) is 0 Å². The molecule has 222 valence electrons. The van der Waals surface area contributed by atoms with Crippen LogP contribution in [0.4, 0.5) is 0 Å². The van der Waals surface area contributed by atoms with Crippen LogP contribution < -0.4 is 10.6 Å². The number of ether oxygens (including phenoxy) is 3. The van der Waals surface area contributed by atoms with Gasteiger partial charge in [-0.2, -0.15) is 12.6 Å². The summed E-state index contributed by atoms with van der Waals surface area (Å²) in [7, 11) is -5.18. The van der Waals surface area contributed by atoms with Gasteiger partial charge in [0.2, 0.25) is 11.8 Å². The highest BCUT2D eigenvalue weighted by atomic mass is 32.1. The summed E-state index contributed by atoms with van der Waals surface area (Å²) < 4.78 is 32.4. The summed E-state index contributed by atoms with van der Waals surface area (Å²) in [5, 5.41) is 56.0. The molecule has 10 atom stereocenters. The van der Waals surface area contributed by atoms with Crippen molar-refractivity contribution >= 4 is 32.3 Å². The molecule has 2 aliphatic rings. The lowest BCUT2D eigenvalue weighted by Gasteiger charge is -2.44. The number of nitrogens with one attached hydrogen (secondary N) is 2. The van der Waals surface area contributed by atoms with Crippen molar-refractivity contribution in [3.63, 3.8) is 0 Å². The number of thiol groups is 1. The maximum absolute atomic E-state index is 12.4. The molecule has 16 nitrogen and oxygen atoms in total. The number of phosphoric ester groups is 1. The molecule has 2 fully saturated rings. The molecule has 2 aliphatic heterocycles. The zero-order chi connectivity index (χ0) is 28.6. The number of carbonyl (C=O) groups excluding carboxylic acids is 2. The first-order valence-electron chi connectivity index (χ1n) is 12.0. The third kappa shape index (κ3) is 9.62. The van der Waals surface area contributed by atoms with Crippen LogP contribution in [0.5, 0.6) is 0 Å². The van der Waals surface area contributed by atoms with E-state index in [1.165, 1.54) is 0 Å². The van der Waals surface area contributed by atoms with Crippen molar-refractivity contribution in [3.05, 3.63) is 0 Å². The molecule has 9 N–H and O–H groups in total. The number of unbranched alkanes of at least 4 members (excludes halogenated alkanes) is 2. The van der Waals surface area contributed by atoms with Crippen LogP contribution in [-0.4, -0.2) is 127 Å². The lowest BCUT2D eigenvalue weighted by Crippen LogP contribution is -2.66. The second-order valence-electron chi connectivity index (χ2n) is 9.01. The average Bonchev–Trinajstić information content (AvgIpc) is 2.83. The predicted octanol–water partition coefficient (Wildman–Crippen LogP) is -3.52.